The highest BCUT2D eigenvalue weighted by atomic mass is 32.2. The Labute approximate surface area is 133 Å². The number of carboxylic acid groups (broad SMARTS) is 1. The van der Waals surface area contributed by atoms with Crippen molar-refractivity contribution in [3.63, 3.8) is 0 Å². The number of carbonyl (C=O) groups is 1. The summed E-state index contributed by atoms with van der Waals surface area (Å²) in [6, 6.07) is 10.3. The van der Waals surface area contributed by atoms with Crippen molar-refractivity contribution in [2.75, 3.05) is 14.1 Å². The van der Waals surface area contributed by atoms with Gasteiger partial charge in [-0.2, -0.15) is 0 Å². The van der Waals surface area contributed by atoms with Crippen molar-refractivity contribution in [1.82, 2.24) is 9.29 Å². The van der Waals surface area contributed by atoms with E-state index in [-0.39, 0.29) is 11.3 Å². The molecule has 0 spiro atoms. The van der Waals surface area contributed by atoms with E-state index in [1.807, 2.05) is 6.07 Å². The lowest BCUT2D eigenvalue weighted by Crippen LogP contribution is -2.22. The van der Waals surface area contributed by atoms with Crippen LogP contribution in [-0.2, 0) is 21.2 Å². The molecule has 23 heavy (non-hydrogen) atoms. The largest absolute Gasteiger partial charge is 0.481 e. The molecule has 3 aromatic rings. The second-order valence-corrected chi connectivity index (χ2v) is 7.72. The number of sulfonamides is 1. The molecule has 0 unspecified atom stereocenters. The average Bonchev–Trinajstić information content (AvgIpc) is 2.83. The van der Waals surface area contributed by atoms with Crippen LogP contribution in [0.25, 0.3) is 21.8 Å². The van der Waals surface area contributed by atoms with Gasteiger partial charge < -0.3 is 10.1 Å². The van der Waals surface area contributed by atoms with E-state index in [1.165, 1.54) is 18.4 Å². The molecule has 0 aliphatic rings. The number of aliphatic carboxylic acids is 1. The van der Waals surface area contributed by atoms with Crippen LogP contribution in [0.2, 0.25) is 0 Å². The van der Waals surface area contributed by atoms with Gasteiger partial charge in [0.2, 0.25) is 10.0 Å². The van der Waals surface area contributed by atoms with Gasteiger partial charge in [0.05, 0.1) is 11.3 Å². The topological polar surface area (TPSA) is 90.5 Å². The fraction of sp³-hybridized carbons (Fsp3) is 0.188. The molecule has 0 fully saturated rings. The number of hydrogen-bond donors (Lipinski definition) is 2. The maximum Gasteiger partial charge on any atom is 0.307 e. The van der Waals surface area contributed by atoms with E-state index in [9.17, 15) is 13.2 Å². The van der Waals surface area contributed by atoms with Crippen LogP contribution in [0.3, 0.4) is 0 Å². The normalized spacial score (nSPS) is 12.3. The summed E-state index contributed by atoms with van der Waals surface area (Å²) in [6.45, 7) is 0. The molecule has 1 heterocycles. The molecule has 2 aromatic carbocycles. The molecule has 2 N–H and O–H groups in total. The zero-order valence-corrected chi connectivity index (χ0v) is 13.5. The van der Waals surface area contributed by atoms with Gasteiger partial charge in [-0.05, 0) is 35.9 Å². The molecule has 1 aromatic heterocycles. The number of benzene rings is 2. The van der Waals surface area contributed by atoms with Gasteiger partial charge in [0.1, 0.15) is 0 Å². The molecule has 7 heteroatoms. The van der Waals surface area contributed by atoms with Crippen molar-refractivity contribution in [2.45, 2.75) is 11.3 Å². The van der Waals surface area contributed by atoms with Crippen LogP contribution >= 0.6 is 0 Å². The maximum absolute atomic E-state index is 12.3. The Kier molecular flexibility index (Phi) is 3.62. The number of aromatic amines is 1. The predicted octanol–water partition coefficient (Wildman–Crippen LogP) is 2.20. The Morgan fingerprint density at radius 1 is 1.09 bits per heavy atom. The summed E-state index contributed by atoms with van der Waals surface area (Å²) >= 11 is 0. The third kappa shape index (κ3) is 2.69. The minimum atomic E-state index is -3.52. The highest BCUT2D eigenvalue weighted by molar-refractivity contribution is 7.89. The minimum Gasteiger partial charge on any atom is -0.481 e. The SMILES string of the molecule is CN(C)S(=O)(=O)c1ccc2[nH]c3ccc(CC(=O)O)cc3c2c1. The van der Waals surface area contributed by atoms with E-state index in [1.54, 1.807) is 30.3 Å². The van der Waals surface area contributed by atoms with E-state index in [2.05, 4.69) is 4.98 Å². The van der Waals surface area contributed by atoms with Crippen LogP contribution in [-0.4, -0.2) is 42.9 Å². The summed E-state index contributed by atoms with van der Waals surface area (Å²) in [5.41, 5.74) is 2.32. The number of nitrogens with one attached hydrogen (secondary N) is 1. The standard InChI is InChI=1S/C16H16N2O4S/c1-18(2)23(21,22)11-4-6-15-13(9-11)12-7-10(8-16(19)20)3-5-14(12)17-15/h3-7,9,17H,8H2,1-2H3,(H,19,20). The van der Waals surface area contributed by atoms with Crippen molar-refractivity contribution >= 4 is 37.8 Å². The molecule has 0 aliphatic carbocycles. The number of hydrogen-bond acceptors (Lipinski definition) is 3. The predicted molar refractivity (Wildman–Crippen MR) is 88.0 cm³/mol. The van der Waals surface area contributed by atoms with Crippen molar-refractivity contribution in [3.05, 3.63) is 42.0 Å². The zero-order chi connectivity index (χ0) is 16.8. The first kappa shape index (κ1) is 15.5. The first-order chi connectivity index (χ1) is 10.8. The van der Waals surface area contributed by atoms with E-state index in [0.717, 1.165) is 21.8 Å². The lowest BCUT2D eigenvalue weighted by atomic mass is 10.1. The van der Waals surface area contributed by atoms with E-state index in [0.29, 0.717) is 5.56 Å². The summed E-state index contributed by atoms with van der Waals surface area (Å²) in [7, 11) is -0.547. The van der Waals surface area contributed by atoms with Crippen LogP contribution in [0.5, 0.6) is 0 Å². The lowest BCUT2D eigenvalue weighted by molar-refractivity contribution is -0.136. The Hall–Kier alpha value is -2.38. The summed E-state index contributed by atoms with van der Waals surface area (Å²) in [6.07, 6.45) is -0.0711. The molecule has 0 amide bonds. The van der Waals surface area contributed by atoms with Gasteiger partial charge in [-0.1, -0.05) is 6.07 Å². The van der Waals surface area contributed by atoms with Crippen LogP contribution < -0.4 is 0 Å². The number of aromatic nitrogens is 1. The van der Waals surface area contributed by atoms with Crippen molar-refractivity contribution in [3.8, 4) is 0 Å². The van der Waals surface area contributed by atoms with Crippen molar-refractivity contribution in [2.24, 2.45) is 0 Å². The average molecular weight is 332 g/mol. The summed E-state index contributed by atoms with van der Waals surface area (Å²) in [5.74, 6) is -0.903. The number of nitrogens with zero attached hydrogens (tertiary/aromatic N) is 1. The van der Waals surface area contributed by atoms with Gasteiger partial charge in [-0.15, -0.1) is 0 Å². The fourth-order valence-corrected chi connectivity index (χ4v) is 3.51. The van der Waals surface area contributed by atoms with E-state index < -0.39 is 16.0 Å². The lowest BCUT2D eigenvalue weighted by Gasteiger charge is -2.11. The Bertz CT molecular complexity index is 1020. The molecule has 3 rings (SSSR count). The van der Waals surface area contributed by atoms with Gasteiger partial charge >= 0.3 is 5.97 Å². The van der Waals surface area contributed by atoms with Crippen LogP contribution in [0.4, 0.5) is 0 Å². The monoisotopic (exact) mass is 332 g/mol. The zero-order valence-electron chi connectivity index (χ0n) is 12.7. The summed E-state index contributed by atoms with van der Waals surface area (Å²) in [5, 5.41) is 10.5. The molecule has 0 radical (unpaired) electrons. The van der Waals surface area contributed by atoms with E-state index >= 15 is 0 Å². The smallest absolute Gasteiger partial charge is 0.307 e. The van der Waals surface area contributed by atoms with Crippen LogP contribution in [0.1, 0.15) is 5.56 Å². The van der Waals surface area contributed by atoms with Gasteiger partial charge in [0, 0.05) is 35.9 Å². The molecule has 0 bridgehead atoms. The molecular formula is C16H16N2O4S. The minimum absolute atomic E-state index is 0.0711. The van der Waals surface area contributed by atoms with Crippen LogP contribution in [0.15, 0.2) is 41.3 Å². The van der Waals surface area contributed by atoms with Gasteiger partial charge in [-0.25, -0.2) is 12.7 Å². The number of fused-ring (bicyclic) bond motifs is 3. The van der Waals surface area contributed by atoms with Crippen molar-refractivity contribution < 1.29 is 18.3 Å². The number of rotatable bonds is 4. The first-order valence-electron chi connectivity index (χ1n) is 6.98. The third-order valence-electron chi connectivity index (χ3n) is 3.77. The number of H-pyrrole nitrogens is 1. The Morgan fingerprint density at radius 2 is 1.70 bits per heavy atom. The molecular weight excluding hydrogens is 316 g/mol. The highest BCUT2D eigenvalue weighted by Gasteiger charge is 2.18. The van der Waals surface area contributed by atoms with Crippen molar-refractivity contribution in [1.29, 1.82) is 0 Å². The highest BCUT2D eigenvalue weighted by Crippen LogP contribution is 2.29. The molecule has 0 saturated carbocycles. The molecule has 0 atom stereocenters. The fourth-order valence-electron chi connectivity index (χ4n) is 2.58. The van der Waals surface area contributed by atoms with E-state index in [4.69, 9.17) is 5.11 Å². The second-order valence-electron chi connectivity index (χ2n) is 5.57. The van der Waals surface area contributed by atoms with Gasteiger partial charge in [0.25, 0.3) is 0 Å². The molecule has 0 aliphatic heterocycles. The summed E-state index contributed by atoms with van der Waals surface area (Å²) < 4.78 is 25.7. The quantitative estimate of drug-likeness (QED) is 0.766. The van der Waals surface area contributed by atoms with Gasteiger partial charge in [0.15, 0.2) is 0 Å². The molecule has 6 nitrogen and oxygen atoms in total. The Balaban J connectivity index is 2.24. The summed E-state index contributed by atoms with van der Waals surface area (Å²) in [4.78, 5) is 14.3. The molecule has 0 saturated heterocycles. The number of carboxylic acids is 1. The first-order valence-corrected chi connectivity index (χ1v) is 8.42. The third-order valence-corrected chi connectivity index (χ3v) is 5.58. The Morgan fingerprint density at radius 3 is 2.30 bits per heavy atom. The molecule has 120 valence electrons. The maximum atomic E-state index is 12.3. The van der Waals surface area contributed by atoms with Crippen LogP contribution in [0, 0.1) is 0 Å². The second kappa shape index (κ2) is 5.36. The van der Waals surface area contributed by atoms with Gasteiger partial charge in [-0.3, -0.25) is 4.79 Å².